The average molecular weight is 332 g/mol. The van der Waals surface area contributed by atoms with Crippen molar-refractivity contribution in [1.29, 1.82) is 0 Å². The third-order valence-electron chi connectivity index (χ3n) is 8.26. The van der Waals surface area contributed by atoms with E-state index in [9.17, 15) is 5.11 Å². The zero-order chi connectivity index (χ0) is 16.0. The third kappa shape index (κ3) is 1.69. The van der Waals surface area contributed by atoms with Crippen LogP contribution in [0, 0.1) is 23.7 Å². The molecule has 0 aromatic carbocycles. The number of aliphatic hydroxyl groups is 1. The first-order valence-corrected chi connectivity index (χ1v) is 10.0. The SMILES string of the molecule is OC1CCC2C1C=CC1C2CCC23CC4(CCC12O3)OCCCO4. The van der Waals surface area contributed by atoms with Crippen molar-refractivity contribution in [2.24, 2.45) is 23.7 Å². The van der Waals surface area contributed by atoms with Crippen molar-refractivity contribution in [3.63, 3.8) is 0 Å². The predicted octanol–water partition coefficient (Wildman–Crippen LogP) is 2.79. The molecule has 7 unspecified atom stereocenters. The largest absolute Gasteiger partial charge is 0.393 e. The lowest BCUT2D eigenvalue weighted by atomic mass is 9.55. The van der Waals surface area contributed by atoms with E-state index in [1.165, 1.54) is 12.8 Å². The molecule has 132 valence electrons. The maximum absolute atomic E-state index is 10.3. The van der Waals surface area contributed by atoms with E-state index in [4.69, 9.17) is 14.2 Å². The summed E-state index contributed by atoms with van der Waals surface area (Å²) in [6.45, 7) is 1.66. The van der Waals surface area contributed by atoms with Crippen molar-refractivity contribution in [3.05, 3.63) is 12.2 Å². The molecule has 24 heavy (non-hydrogen) atoms. The summed E-state index contributed by atoms with van der Waals surface area (Å²) < 4.78 is 18.8. The minimum Gasteiger partial charge on any atom is -0.393 e. The number of ether oxygens (including phenoxy) is 3. The molecule has 0 aromatic rings. The molecule has 0 radical (unpaired) electrons. The van der Waals surface area contributed by atoms with Crippen LogP contribution >= 0.6 is 0 Å². The second-order valence-electron chi connectivity index (χ2n) is 9.12. The number of rotatable bonds is 0. The van der Waals surface area contributed by atoms with Gasteiger partial charge in [0.05, 0.1) is 19.3 Å². The number of hydrogen-bond acceptors (Lipinski definition) is 4. The summed E-state index contributed by atoms with van der Waals surface area (Å²) in [7, 11) is 0. The molecule has 1 N–H and O–H groups in total. The predicted molar refractivity (Wildman–Crippen MR) is 87.2 cm³/mol. The van der Waals surface area contributed by atoms with E-state index in [0.717, 1.165) is 51.7 Å². The van der Waals surface area contributed by atoms with E-state index in [0.29, 0.717) is 23.7 Å². The van der Waals surface area contributed by atoms with Crippen molar-refractivity contribution in [2.45, 2.75) is 74.5 Å². The molecule has 2 aliphatic heterocycles. The van der Waals surface area contributed by atoms with Gasteiger partial charge in [0, 0.05) is 24.7 Å². The Kier molecular flexibility index (Phi) is 2.85. The summed E-state index contributed by atoms with van der Waals surface area (Å²) in [6.07, 6.45) is 13.2. The Hall–Kier alpha value is -0.420. The first-order valence-electron chi connectivity index (χ1n) is 10.0. The highest BCUT2D eigenvalue weighted by Gasteiger charge is 2.79. The first-order chi connectivity index (χ1) is 11.7. The molecular weight excluding hydrogens is 304 g/mol. The quantitative estimate of drug-likeness (QED) is 0.547. The summed E-state index contributed by atoms with van der Waals surface area (Å²) in [5, 5.41) is 10.3. The van der Waals surface area contributed by atoms with Crippen molar-refractivity contribution in [2.75, 3.05) is 13.2 Å². The molecule has 2 heterocycles. The number of aliphatic hydroxyl groups excluding tert-OH is 1. The molecule has 6 aliphatic rings. The van der Waals surface area contributed by atoms with Gasteiger partial charge in [-0.1, -0.05) is 12.2 Å². The van der Waals surface area contributed by atoms with E-state index in [2.05, 4.69) is 12.2 Å². The van der Waals surface area contributed by atoms with Crippen LogP contribution in [0.2, 0.25) is 0 Å². The minimum atomic E-state index is -0.366. The van der Waals surface area contributed by atoms with Gasteiger partial charge in [-0.25, -0.2) is 0 Å². The van der Waals surface area contributed by atoms with Gasteiger partial charge in [-0.2, -0.15) is 0 Å². The van der Waals surface area contributed by atoms with E-state index in [1.807, 2.05) is 0 Å². The molecule has 4 heteroatoms. The molecule has 7 atom stereocenters. The molecule has 4 aliphatic carbocycles. The molecule has 6 rings (SSSR count). The highest BCUT2D eigenvalue weighted by Crippen LogP contribution is 2.72. The molecule has 0 bridgehead atoms. The maximum Gasteiger partial charge on any atom is 0.171 e. The van der Waals surface area contributed by atoms with Gasteiger partial charge in [0.2, 0.25) is 0 Å². The minimum absolute atomic E-state index is 0.00183. The van der Waals surface area contributed by atoms with E-state index < -0.39 is 0 Å². The van der Waals surface area contributed by atoms with Gasteiger partial charge >= 0.3 is 0 Å². The fourth-order valence-corrected chi connectivity index (χ4v) is 7.20. The first kappa shape index (κ1) is 14.7. The summed E-state index contributed by atoms with van der Waals surface area (Å²) in [6, 6.07) is 0. The second-order valence-corrected chi connectivity index (χ2v) is 9.12. The van der Waals surface area contributed by atoms with Crippen LogP contribution in [0.15, 0.2) is 12.2 Å². The standard InChI is InChI=1S/C20H28O4/c21-17-5-3-13-14-6-7-18-12-19(22-10-1-11-23-19)8-9-20(18,24-18)16(14)4-2-15(13)17/h2,4,13-17,21H,1,3,5-12H2. The van der Waals surface area contributed by atoms with Crippen molar-refractivity contribution >= 4 is 0 Å². The summed E-state index contributed by atoms with van der Waals surface area (Å²) in [5.41, 5.74) is 0.0402. The van der Waals surface area contributed by atoms with Crippen LogP contribution in [0.4, 0.5) is 0 Å². The summed E-state index contributed by atoms with van der Waals surface area (Å²) >= 11 is 0. The molecule has 2 saturated heterocycles. The van der Waals surface area contributed by atoms with Crippen molar-refractivity contribution in [1.82, 2.24) is 0 Å². The van der Waals surface area contributed by atoms with Crippen LogP contribution < -0.4 is 0 Å². The summed E-state index contributed by atoms with van der Waals surface area (Å²) in [5.74, 6) is 1.95. The second kappa shape index (κ2) is 4.64. The van der Waals surface area contributed by atoms with Crippen LogP contribution in [0.1, 0.15) is 51.4 Å². The fraction of sp³-hybridized carbons (Fsp3) is 0.900. The fourth-order valence-electron chi connectivity index (χ4n) is 7.20. The van der Waals surface area contributed by atoms with Crippen LogP contribution in [-0.2, 0) is 14.2 Å². The molecule has 5 fully saturated rings. The van der Waals surface area contributed by atoms with Gasteiger partial charge in [0.15, 0.2) is 5.79 Å². The van der Waals surface area contributed by atoms with Gasteiger partial charge in [0.1, 0.15) is 11.2 Å². The zero-order valence-electron chi connectivity index (χ0n) is 14.3. The lowest BCUT2D eigenvalue weighted by molar-refractivity contribution is -0.286. The highest BCUT2D eigenvalue weighted by molar-refractivity contribution is 5.31. The lowest BCUT2D eigenvalue weighted by Gasteiger charge is -2.50. The Bertz CT molecular complexity index is 582. The zero-order valence-corrected chi connectivity index (χ0v) is 14.3. The Labute approximate surface area is 143 Å². The number of fused-ring (bicyclic) bond motifs is 3. The number of hydrogen-bond donors (Lipinski definition) is 1. The van der Waals surface area contributed by atoms with Crippen molar-refractivity contribution in [3.8, 4) is 0 Å². The lowest BCUT2D eigenvalue weighted by Crippen LogP contribution is -2.55. The average Bonchev–Trinajstić information content (AvgIpc) is 3.15. The van der Waals surface area contributed by atoms with Crippen molar-refractivity contribution < 1.29 is 19.3 Å². The van der Waals surface area contributed by atoms with E-state index >= 15 is 0 Å². The molecule has 0 aromatic heterocycles. The Morgan fingerprint density at radius 3 is 2.67 bits per heavy atom. The van der Waals surface area contributed by atoms with Gasteiger partial charge < -0.3 is 19.3 Å². The van der Waals surface area contributed by atoms with Gasteiger partial charge in [0.25, 0.3) is 0 Å². The van der Waals surface area contributed by atoms with E-state index in [1.54, 1.807) is 0 Å². The topological polar surface area (TPSA) is 51.2 Å². The van der Waals surface area contributed by atoms with E-state index in [-0.39, 0.29) is 23.1 Å². The van der Waals surface area contributed by atoms with Gasteiger partial charge in [-0.3, -0.25) is 0 Å². The normalized spacial score (nSPS) is 57.0. The highest BCUT2D eigenvalue weighted by atomic mass is 16.7. The third-order valence-corrected chi connectivity index (χ3v) is 8.26. The van der Waals surface area contributed by atoms with Crippen LogP contribution in [-0.4, -0.2) is 41.4 Å². The monoisotopic (exact) mass is 332 g/mol. The molecule has 0 amide bonds. The number of epoxide rings is 1. The van der Waals surface area contributed by atoms with Crippen LogP contribution in [0.3, 0.4) is 0 Å². The van der Waals surface area contributed by atoms with Crippen LogP contribution in [0.5, 0.6) is 0 Å². The van der Waals surface area contributed by atoms with Gasteiger partial charge in [-0.05, 0) is 50.4 Å². The maximum atomic E-state index is 10.3. The van der Waals surface area contributed by atoms with Crippen LogP contribution in [0.25, 0.3) is 0 Å². The summed E-state index contributed by atoms with van der Waals surface area (Å²) in [4.78, 5) is 0. The molecular formula is C20H28O4. The Balaban J connectivity index is 1.31. The Morgan fingerprint density at radius 1 is 0.917 bits per heavy atom. The Morgan fingerprint density at radius 2 is 1.79 bits per heavy atom. The molecule has 4 nitrogen and oxygen atoms in total. The molecule has 3 saturated carbocycles. The van der Waals surface area contributed by atoms with Gasteiger partial charge in [-0.15, -0.1) is 0 Å². The smallest absolute Gasteiger partial charge is 0.171 e. The molecule has 1 spiro atoms.